The lowest BCUT2D eigenvalue weighted by Gasteiger charge is -2.47. The molecule has 6 heteroatoms. The second kappa shape index (κ2) is 9.79. The highest BCUT2D eigenvalue weighted by molar-refractivity contribution is 7.20. The fraction of sp³-hybridized carbons (Fsp3) is 0.556. The van der Waals surface area contributed by atoms with Gasteiger partial charge in [-0.25, -0.2) is 0 Å². The molecule has 1 N–H and O–H groups in total. The van der Waals surface area contributed by atoms with Gasteiger partial charge in [0.2, 0.25) is 5.91 Å². The Labute approximate surface area is 206 Å². The minimum atomic E-state index is -0.527. The smallest absolute Gasteiger partial charge is 0.262 e. The van der Waals surface area contributed by atoms with E-state index in [0.29, 0.717) is 17.3 Å². The predicted molar refractivity (Wildman–Crippen MR) is 138 cm³/mol. The molecule has 2 amide bonds. The number of hydrogen-bond acceptors (Lipinski definition) is 3. The van der Waals surface area contributed by atoms with E-state index in [9.17, 15) is 9.59 Å². The standard InChI is InChI=1S/C27H35ClN2O2S/c1-17(2)24(29-25(31)23-15-19-7-5-6-8-22(19)33-23)26(32)30-14-13-21(27(3,4)16-30)18-9-11-20(28)12-10-18/h5-9,15,17,20-21,24H,10-14,16H2,1-4H3,(H,29,31)/t20?,21-,24-/m1/s1. The number of benzene rings is 1. The molecule has 0 bridgehead atoms. The third-order valence-electron chi connectivity index (χ3n) is 7.24. The van der Waals surface area contributed by atoms with Crippen molar-refractivity contribution in [1.29, 1.82) is 0 Å². The van der Waals surface area contributed by atoms with Gasteiger partial charge in [0.15, 0.2) is 0 Å². The lowest BCUT2D eigenvalue weighted by molar-refractivity contribution is -0.138. The van der Waals surface area contributed by atoms with Gasteiger partial charge in [0.1, 0.15) is 6.04 Å². The lowest BCUT2D eigenvalue weighted by atomic mass is 9.68. The van der Waals surface area contributed by atoms with Gasteiger partial charge in [0.25, 0.3) is 5.91 Å². The topological polar surface area (TPSA) is 49.4 Å². The first-order valence-corrected chi connectivity index (χ1v) is 13.3. The Bertz CT molecular complexity index is 1020. The van der Waals surface area contributed by atoms with Crippen molar-refractivity contribution in [2.45, 2.75) is 64.8 Å². The molecule has 4 nitrogen and oxygen atoms in total. The summed E-state index contributed by atoms with van der Waals surface area (Å²) in [7, 11) is 0. The predicted octanol–water partition coefficient (Wildman–Crippen LogP) is 6.25. The Kier molecular flexibility index (Phi) is 7.20. The van der Waals surface area contributed by atoms with Crippen molar-refractivity contribution in [2.24, 2.45) is 17.3 Å². The van der Waals surface area contributed by atoms with Crippen LogP contribution in [0.3, 0.4) is 0 Å². The molecule has 2 heterocycles. The fourth-order valence-electron chi connectivity index (χ4n) is 5.39. The molecule has 2 aliphatic rings. The maximum atomic E-state index is 13.6. The first-order valence-electron chi connectivity index (χ1n) is 12.1. The monoisotopic (exact) mass is 486 g/mol. The number of nitrogens with one attached hydrogen (secondary N) is 1. The Balaban J connectivity index is 1.45. The number of halogens is 1. The lowest BCUT2D eigenvalue weighted by Crippen LogP contribution is -2.56. The summed E-state index contributed by atoms with van der Waals surface area (Å²) in [5, 5.41) is 4.37. The molecule has 4 rings (SSSR count). The van der Waals surface area contributed by atoms with Gasteiger partial charge in [-0.05, 0) is 60.5 Å². The van der Waals surface area contributed by atoms with E-state index in [1.54, 1.807) is 0 Å². The number of thiophene rings is 1. The summed E-state index contributed by atoms with van der Waals surface area (Å²) in [4.78, 5) is 29.2. The van der Waals surface area contributed by atoms with Gasteiger partial charge in [0, 0.05) is 23.2 Å². The highest BCUT2D eigenvalue weighted by atomic mass is 35.5. The minimum absolute atomic E-state index is 0.00406. The van der Waals surface area contributed by atoms with Crippen LogP contribution in [0.2, 0.25) is 0 Å². The number of carbonyl (C=O) groups is 2. The summed E-state index contributed by atoms with van der Waals surface area (Å²) < 4.78 is 1.08. The SMILES string of the molecule is CC(C)[C@@H](NC(=O)c1cc2ccccc2s1)C(=O)N1CC[C@H](C2=CCC(Cl)CC2)C(C)(C)C1. The van der Waals surface area contributed by atoms with Crippen LogP contribution in [0.15, 0.2) is 42.0 Å². The second-order valence-corrected chi connectivity index (χ2v) is 12.3. The molecule has 3 atom stereocenters. The van der Waals surface area contributed by atoms with Crippen molar-refractivity contribution in [3.63, 3.8) is 0 Å². The Hall–Kier alpha value is -1.85. The van der Waals surface area contributed by atoms with E-state index in [0.717, 1.165) is 42.3 Å². The maximum absolute atomic E-state index is 13.6. The van der Waals surface area contributed by atoms with Gasteiger partial charge in [0.05, 0.1) is 4.88 Å². The van der Waals surface area contributed by atoms with Gasteiger partial charge in [-0.1, -0.05) is 57.5 Å². The first-order chi connectivity index (χ1) is 15.7. The zero-order chi connectivity index (χ0) is 23.8. The second-order valence-electron chi connectivity index (χ2n) is 10.6. The summed E-state index contributed by atoms with van der Waals surface area (Å²) in [6.07, 6.45) is 6.36. The molecule has 2 aromatic rings. The Morgan fingerprint density at radius 3 is 2.61 bits per heavy atom. The normalized spacial score (nSPS) is 23.9. The van der Waals surface area contributed by atoms with Gasteiger partial charge in [-0.15, -0.1) is 22.9 Å². The van der Waals surface area contributed by atoms with E-state index in [4.69, 9.17) is 11.6 Å². The van der Waals surface area contributed by atoms with Crippen LogP contribution in [0, 0.1) is 17.3 Å². The molecule has 0 saturated carbocycles. The number of hydrogen-bond donors (Lipinski definition) is 1. The summed E-state index contributed by atoms with van der Waals surface area (Å²) in [6.45, 7) is 9.98. The third kappa shape index (κ3) is 5.30. The molecular formula is C27H35ClN2O2S. The number of fused-ring (bicyclic) bond motifs is 1. The average molecular weight is 487 g/mol. The molecule has 0 radical (unpaired) electrons. The molecule has 1 aliphatic carbocycles. The zero-order valence-electron chi connectivity index (χ0n) is 20.1. The molecule has 1 fully saturated rings. The summed E-state index contributed by atoms with van der Waals surface area (Å²) in [5.41, 5.74) is 1.51. The van der Waals surface area contributed by atoms with Crippen LogP contribution >= 0.6 is 22.9 Å². The van der Waals surface area contributed by atoms with Gasteiger partial charge in [-0.2, -0.15) is 0 Å². The molecule has 1 unspecified atom stereocenters. The van der Waals surface area contributed by atoms with Gasteiger partial charge < -0.3 is 10.2 Å². The number of amides is 2. The number of likely N-dealkylation sites (tertiary alicyclic amines) is 1. The minimum Gasteiger partial charge on any atom is -0.340 e. The highest BCUT2D eigenvalue weighted by Crippen LogP contribution is 2.43. The van der Waals surface area contributed by atoms with Crippen molar-refractivity contribution in [3.8, 4) is 0 Å². The number of rotatable bonds is 5. The van der Waals surface area contributed by atoms with E-state index in [-0.39, 0.29) is 28.5 Å². The zero-order valence-corrected chi connectivity index (χ0v) is 21.6. The molecule has 1 aromatic heterocycles. The quantitative estimate of drug-likeness (QED) is 0.401. The molecule has 1 aromatic carbocycles. The third-order valence-corrected chi connectivity index (χ3v) is 8.75. The van der Waals surface area contributed by atoms with E-state index >= 15 is 0 Å². The molecule has 1 aliphatic heterocycles. The van der Waals surface area contributed by atoms with E-state index < -0.39 is 6.04 Å². The molecule has 33 heavy (non-hydrogen) atoms. The average Bonchev–Trinajstić information content (AvgIpc) is 3.21. The summed E-state index contributed by atoms with van der Waals surface area (Å²) in [6, 6.07) is 9.36. The summed E-state index contributed by atoms with van der Waals surface area (Å²) >= 11 is 7.77. The van der Waals surface area contributed by atoms with Crippen LogP contribution in [0.4, 0.5) is 0 Å². The number of allylic oxidation sites excluding steroid dienone is 2. The Morgan fingerprint density at radius 2 is 1.97 bits per heavy atom. The molecule has 0 spiro atoms. The molecule has 178 valence electrons. The van der Waals surface area contributed by atoms with Crippen molar-refractivity contribution < 1.29 is 9.59 Å². The van der Waals surface area contributed by atoms with Crippen molar-refractivity contribution >= 4 is 44.8 Å². The van der Waals surface area contributed by atoms with Crippen LogP contribution in [0.5, 0.6) is 0 Å². The van der Waals surface area contributed by atoms with Crippen molar-refractivity contribution in [2.75, 3.05) is 13.1 Å². The number of alkyl halides is 1. The van der Waals surface area contributed by atoms with E-state index in [2.05, 4.69) is 25.2 Å². The van der Waals surface area contributed by atoms with Gasteiger partial charge >= 0.3 is 0 Å². The largest absolute Gasteiger partial charge is 0.340 e. The van der Waals surface area contributed by atoms with Crippen LogP contribution in [0.1, 0.15) is 63.0 Å². The first kappa shape index (κ1) is 24.3. The van der Waals surface area contributed by atoms with E-state index in [1.165, 1.54) is 16.9 Å². The molecule has 1 saturated heterocycles. The fourth-order valence-corrected chi connectivity index (χ4v) is 6.55. The van der Waals surface area contributed by atoms with Gasteiger partial charge in [-0.3, -0.25) is 9.59 Å². The van der Waals surface area contributed by atoms with E-state index in [1.807, 2.05) is 49.1 Å². The molecular weight excluding hydrogens is 452 g/mol. The maximum Gasteiger partial charge on any atom is 0.262 e. The van der Waals surface area contributed by atoms with Crippen LogP contribution < -0.4 is 5.32 Å². The van der Waals surface area contributed by atoms with Crippen LogP contribution in [-0.4, -0.2) is 41.2 Å². The Morgan fingerprint density at radius 1 is 1.21 bits per heavy atom. The van der Waals surface area contributed by atoms with Crippen LogP contribution in [0.25, 0.3) is 10.1 Å². The van der Waals surface area contributed by atoms with Crippen LogP contribution in [-0.2, 0) is 4.79 Å². The number of carbonyl (C=O) groups excluding carboxylic acids is 2. The summed E-state index contributed by atoms with van der Waals surface area (Å²) in [5.74, 6) is 0.361. The van der Waals surface area contributed by atoms with Crippen molar-refractivity contribution in [3.05, 3.63) is 46.9 Å². The van der Waals surface area contributed by atoms with Crippen molar-refractivity contribution in [1.82, 2.24) is 10.2 Å². The number of piperidine rings is 1. The highest BCUT2D eigenvalue weighted by Gasteiger charge is 2.41. The number of nitrogens with zero attached hydrogens (tertiary/aromatic N) is 1.